The van der Waals surface area contributed by atoms with E-state index < -0.39 is 5.41 Å². The molecule has 0 unspecified atom stereocenters. The molecule has 1 heterocycles. The fourth-order valence-corrected chi connectivity index (χ4v) is 10.3. The van der Waals surface area contributed by atoms with E-state index in [4.69, 9.17) is 0 Å². The highest BCUT2D eigenvalue weighted by atomic mass is 15.1. The number of aromatic nitrogens is 1. The van der Waals surface area contributed by atoms with Gasteiger partial charge in [0.2, 0.25) is 0 Å². The predicted molar refractivity (Wildman–Crippen MR) is 264 cm³/mol. The largest absolute Gasteiger partial charge is 0.310 e. The second-order valence-corrected chi connectivity index (χ2v) is 16.5. The molecule has 0 N–H and O–H groups in total. The molecule has 2 nitrogen and oxygen atoms in total. The highest BCUT2D eigenvalue weighted by Gasteiger charge is 2.46. The first kappa shape index (κ1) is 36.6. The van der Waals surface area contributed by atoms with E-state index in [9.17, 15) is 0 Å². The van der Waals surface area contributed by atoms with Gasteiger partial charge in [-0.05, 0) is 122 Å². The summed E-state index contributed by atoms with van der Waals surface area (Å²) < 4.78 is 2.39. The summed E-state index contributed by atoms with van der Waals surface area (Å²) in [6.45, 7) is 0. The number of hydrogen-bond acceptors (Lipinski definition) is 1. The first-order chi connectivity index (χ1) is 31.3. The summed E-state index contributed by atoms with van der Waals surface area (Å²) in [4.78, 5) is 2.41. The van der Waals surface area contributed by atoms with Crippen molar-refractivity contribution in [1.29, 1.82) is 0 Å². The van der Waals surface area contributed by atoms with Gasteiger partial charge < -0.3 is 9.47 Å². The summed E-state index contributed by atoms with van der Waals surface area (Å²) in [5.41, 5.74) is 18.7. The van der Waals surface area contributed by atoms with E-state index in [2.05, 4.69) is 264 Å². The quantitative estimate of drug-likeness (QED) is 0.149. The lowest BCUT2D eigenvalue weighted by atomic mass is 9.67. The number of nitrogens with zero attached hydrogens (tertiary/aromatic N) is 2. The number of benzene rings is 10. The van der Waals surface area contributed by atoms with E-state index in [1.54, 1.807) is 0 Å². The monoisotopic (exact) mass is 802 g/mol. The van der Waals surface area contributed by atoms with Crippen molar-refractivity contribution in [3.05, 3.63) is 277 Å². The fraction of sp³-hybridized carbons (Fsp3) is 0.0164. The second kappa shape index (κ2) is 15.1. The maximum Gasteiger partial charge on any atom is 0.0714 e. The third-order valence-electron chi connectivity index (χ3n) is 13.0. The van der Waals surface area contributed by atoms with Crippen LogP contribution in [-0.4, -0.2) is 4.57 Å². The molecule has 0 bridgehead atoms. The zero-order valence-electron chi connectivity index (χ0n) is 34.6. The van der Waals surface area contributed by atoms with Gasteiger partial charge in [-0.15, -0.1) is 0 Å². The maximum atomic E-state index is 2.44. The lowest BCUT2D eigenvalue weighted by Crippen LogP contribution is -2.28. The number of fused-ring (bicyclic) bond motifs is 6. The van der Waals surface area contributed by atoms with Crippen LogP contribution < -0.4 is 4.90 Å². The van der Waals surface area contributed by atoms with E-state index in [0.29, 0.717) is 0 Å². The molecule has 2 heteroatoms. The van der Waals surface area contributed by atoms with Gasteiger partial charge >= 0.3 is 0 Å². The molecule has 0 aliphatic heterocycles. The van der Waals surface area contributed by atoms with Gasteiger partial charge in [0.05, 0.1) is 16.4 Å². The van der Waals surface area contributed by atoms with Crippen LogP contribution in [0.25, 0.3) is 60.9 Å². The zero-order valence-corrected chi connectivity index (χ0v) is 34.6. The molecule has 0 fully saturated rings. The molecule has 12 rings (SSSR count). The van der Waals surface area contributed by atoms with Crippen molar-refractivity contribution in [3.63, 3.8) is 0 Å². The molecular formula is C61H42N2. The van der Waals surface area contributed by atoms with Gasteiger partial charge in [0.1, 0.15) is 0 Å². The lowest BCUT2D eigenvalue weighted by Gasteiger charge is -2.35. The van der Waals surface area contributed by atoms with E-state index in [1.165, 1.54) is 71.9 Å². The van der Waals surface area contributed by atoms with Crippen molar-refractivity contribution in [2.45, 2.75) is 5.41 Å². The van der Waals surface area contributed by atoms with Crippen LogP contribution in [-0.2, 0) is 5.41 Å². The molecular weight excluding hydrogens is 761 g/mol. The Morgan fingerprint density at radius 3 is 1.56 bits per heavy atom. The molecule has 0 saturated carbocycles. The topological polar surface area (TPSA) is 8.17 Å². The van der Waals surface area contributed by atoms with E-state index in [1.807, 2.05) is 0 Å². The smallest absolute Gasteiger partial charge is 0.0714 e. The van der Waals surface area contributed by atoms with Gasteiger partial charge in [-0.3, -0.25) is 0 Å². The summed E-state index contributed by atoms with van der Waals surface area (Å²) in [5, 5.41) is 2.51. The van der Waals surface area contributed by atoms with Gasteiger partial charge in [0.25, 0.3) is 0 Å². The average Bonchev–Trinajstić information content (AvgIpc) is 3.85. The van der Waals surface area contributed by atoms with Crippen molar-refractivity contribution in [2.24, 2.45) is 0 Å². The van der Waals surface area contributed by atoms with Gasteiger partial charge in [0.15, 0.2) is 0 Å². The molecule has 0 amide bonds. The van der Waals surface area contributed by atoms with Gasteiger partial charge in [-0.2, -0.15) is 0 Å². The SMILES string of the molecule is c1ccc(N(c2cccc(-c3cccc(-c4ccc5c6ccccc6n(-c6ccccc6)c5c4)c3)c2)c2ccc3c(c2)C(c2ccccc2)(c2ccccc2)c2ccccc2-3)cc1. The Hall–Kier alpha value is -8.20. The highest BCUT2D eigenvalue weighted by molar-refractivity contribution is 6.10. The maximum absolute atomic E-state index is 2.44. The molecule has 0 radical (unpaired) electrons. The van der Waals surface area contributed by atoms with Crippen LogP contribution in [0.15, 0.2) is 255 Å². The van der Waals surface area contributed by atoms with Crippen LogP contribution in [0.1, 0.15) is 22.3 Å². The molecule has 1 aromatic heterocycles. The Balaban J connectivity index is 0.989. The van der Waals surface area contributed by atoms with E-state index in [0.717, 1.165) is 28.3 Å². The Morgan fingerprint density at radius 1 is 0.302 bits per heavy atom. The van der Waals surface area contributed by atoms with Crippen LogP contribution >= 0.6 is 0 Å². The van der Waals surface area contributed by atoms with Crippen LogP contribution in [0.4, 0.5) is 17.1 Å². The van der Waals surface area contributed by atoms with Crippen LogP contribution in [0.2, 0.25) is 0 Å². The third kappa shape index (κ3) is 5.95. The fourth-order valence-electron chi connectivity index (χ4n) is 10.3. The minimum absolute atomic E-state index is 0.492. The van der Waals surface area contributed by atoms with E-state index in [-0.39, 0.29) is 0 Å². The summed E-state index contributed by atoms with van der Waals surface area (Å²) in [5.74, 6) is 0. The molecule has 1 aliphatic carbocycles. The first-order valence-corrected chi connectivity index (χ1v) is 21.8. The van der Waals surface area contributed by atoms with Crippen LogP contribution in [0.3, 0.4) is 0 Å². The number of para-hydroxylation sites is 3. The molecule has 296 valence electrons. The lowest BCUT2D eigenvalue weighted by molar-refractivity contribution is 0.768. The molecule has 11 aromatic rings. The van der Waals surface area contributed by atoms with Crippen molar-refractivity contribution in [3.8, 4) is 39.1 Å². The summed E-state index contributed by atoms with van der Waals surface area (Å²) in [7, 11) is 0. The van der Waals surface area contributed by atoms with Gasteiger partial charge in [-0.1, -0.05) is 188 Å². The van der Waals surface area contributed by atoms with Gasteiger partial charge in [-0.25, -0.2) is 0 Å². The molecule has 1 aliphatic rings. The normalized spacial score (nSPS) is 12.6. The highest BCUT2D eigenvalue weighted by Crippen LogP contribution is 2.57. The number of rotatable bonds is 8. The van der Waals surface area contributed by atoms with Gasteiger partial charge in [0, 0.05) is 33.5 Å². The minimum Gasteiger partial charge on any atom is -0.310 e. The number of anilines is 3. The van der Waals surface area contributed by atoms with Crippen molar-refractivity contribution >= 4 is 38.9 Å². The number of hydrogen-bond donors (Lipinski definition) is 0. The average molecular weight is 803 g/mol. The molecule has 0 saturated heterocycles. The Morgan fingerprint density at radius 2 is 0.825 bits per heavy atom. The van der Waals surface area contributed by atoms with Crippen molar-refractivity contribution in [2.75, 3.05) is 4.90 Å². The minimum atomic E-state index is -0.492. The third-order valence-corrected chi connectivity index (χ3v) is 13.0. The summed E-state index contributed by atoms with van der Waals surface area (Å²) in [6, 6.07) is 93.2. The van der Waals surface area contributed by atoms with Crippen LogP contribution in [0.5, 0.6) is 0 Å². The Kier molecular flexibility index (Phi) is 8.76. The zero-order chi connectivity index (χ0) is 41.7. The molecule has 0 atom stereocenters. The van der Waals surface area contributed by atoms with Crippen molar-refractivity contribution < 1.29 is 0 Å². The predicted octanol–water partition coefficient (Wildman–Crippen LogP) is 16.0. The standard InChI is InChI=1S/C61H42N2/c1-5-22-47(23-6-1)61(48-24-7-2-8-25-48)57-33-15-13-31-53(57)54-38-36-52(42-58(54)61)62(49-26-9-3-10-27-49)51-30-18-21-45(40-51)43-19-17-20-44(39-43)46-35-37-56-55-32-14-16-34-59(55)63(60(56)41-46)50-28-11-4-12-29-50/h1-42H. The summed E-state index contributed by atoms with van der Waals surface area (Å²) >= 11 is 0. The van der Waals surface area contributed by atoms with Crippen molar-refractivity contribution in [1.82, 2.24) is 4.57 Å². The Bertz CT molecular complexity index is 3400. The first-order valence-electron chi connectivity index (χ1n) is 21.8. The molecule has 0 spiro atoms. The van der Waals surface area contributed by atoms with E-state index >= 15 is 0 Å². The summed E-state index contributed by atoms with van der Waals surface area (Å²) in [6.07, 6.45) is 0. The second-order valence-electron chi connectivity index (χ2n) is 16.5. The molecule has 10 aromatic carbocycles. The Labute approximate surface area is 368 Å². The molecule has 63 heavy (non-hydrogen) atoms. The van der Waals surface area contributed by atoms with Crippen LogP contribution in [0, 0.1) is 0 Å².